The number of aromatic nitrogens is 3. The summed E-state index contributed by atoms with van der Waals surface area (Å²) >= 11 is 0. The first-order valence-corrected chi connectivity index (χ1v) is 6.65. The Labute approximate surface area is 112 Å². The van der Waals surface area contributed by atoms with Gasteiger partial charge in [-0.05, 0) is 12.0 Å². The maximum Gasteiger partial charge on any atom is 0.0964 e. The van der Waals surface area contributed by atoms with E-state index in [1.165, 1.54) is 12.0 Å². The van der Waals surface area contributed by atoms with Crippen molar-refractivity contribution < 1.29 is 5.11 Å². The van der Waals surface area contributed by atoms with E-state index in [4.69, 9.17) is 5.11 Å². The average Bonchev–Trinajstić information content (AvgIpc) is 3.10. The van der Waals surface area contributed by atoms with E-state index in [-0.39, 0.29) is 6.61 Å². The molecule has 100 valence electrons. The van der Waals surface area contributed by atoms with Gasteiger partial charge in [0.25, 0.3) is 0 Å². The molecule has 1 aliphatic carbocycles. The van der Waals surface area contributed by atoms with Crippen LogP contribution in [0, 0.1) is 0 Å². The lowest BCUT2D eigenvalue weighted by Crippen LogP contribution is -2.17. The third-order valence-electron chi connectivity index (χ3n) is 3.48. The van der Waals surface area contributed by atoms with Gasteiger partial charge in [-0.15, -0.1) is 5.10 Å². The van der Waals surface area contributed by atoms with E-state index in [0.29, 0.717) is 18.5 Å². The van der Waals surface area contributed by atoms with Gasteiger partial charge in [-0.25, -0.2) is 4.68 Å². The van der Waals surface area contributed by atoms with Crippen LogP contribution in [-0.2, 0) is 13.1 Å². The lowest BCUT2D eigenvalue weighted by Gasteiger charge is -2.01. The molecule has 2 aromatic rings. The first-order chi connectivity index (χ1) is 9.36. The predicted molar refractivity (Wildman–Crippen MR) is 71.5 cm³/mol. The van der Waals surface area contributed by atoms with Crippen LogP contribution in [0.5, 0.6) is 0 Å². The Morgan fingerprint density at radius 3 is 2.95 bits per heavy atom. The van der Waals surface area contributed by atoms with Gasteiger partial charge in [0.15, 0.2) is 0 Å². The van der Waals surface area contributed by atoms with Crippen molar-refractivity contribution in [2.45, 2.75) is 31.5 Å². The van der Waals surface area contributed by atoms with Gasteiger partial charge in [-0.1, -0.05) is 35.5 Å². The molecule has 19 heavy (non-hydrogen) atoms. The maximum atomic E-state index is 8.81. The number of rotatable bonds is 6. The second-order valence-electron chi connectivity index (χ2n) is 4.94. The Morgan fingerprint density at radius 2 is 2.16 bits per heavy atom. The van der Waals surface area contributed by atoms with E-state index in [1.54, 1.807) is 4.68 Å². The van der Waals surface area contributed by atoms with E-state index in [0.717, 1.165) is 12.2 Å². The molecule has 0 saturated heterocycles. The van der Waals surface area contributed by atoms with Crippen LogP contribution in [0.15, 0.2) is 36.5 Å². The third-order valence-corrected chi connectivity index (χ3v) is 3.48. The predicted octanol–water partition coefficient (Wildman–Crippen LogP) is 0.916. The molecule has 0 aliphatic heterocycles. The number of aliphatic hydroxyl groups is 1. The van der Waals surface area contributed by atoms with Gasteiger partial charge in [-0.2, -0.15) is 0 Å². The van der Waals surface area contributed by atoms with Gasteiger partial charge >= 0.3 is 0 Å². The molecule has 2 N–H and O–H groups in total. The highest BCUT2D eigenvalue weighted by atomic mass is 16.3. The molecule has 1 heterocycles. The van der Waals surface area contributed by atoms with Crippen molar-refractivity contribution in [1.82, 2.24) is 20.3 Å². The van der Waals surface area contributed by atoms with Gasteiger partial charge in [0, 0.05) is 24.7 Å². The molecule has 0 amide bonds. The zero-order valence-electron chi connectivity index (χ0n) is 10.7. The van der Waals surface area contributed by atoms with Crippen LogP contribution in [0.2, 0.25) is 0 Å². The van der Waals surface area contributed by atoms with E-state index in [9.17, 15) is 0 Å². The molecule has 0 spiro atoms. The Balaban J connectivity index is 1.49. The van der Waals surface area contributed by atoms with Gasteiger partial charge in [0.2, 0.25) is 0 Å². The topological polar surface area (TPSA) is 63.0 Å². The van der Waals surface area contributed by atoms with E-state index in [2.05, 4.69) is 39.9 Å². The largest absolute Gasteiger partial charge is 0.394 e. The number of hydrogen-bond donors (Lipinski definition) is 2. The van der Waals surface area contributed by atoms with Crippen LogP contribution in [0.1, 0.15) is 23.6 Å². The molecule has 1 saturated carbocycles. The smallest absolute Gasteiger partial charge is 0.0964 e. The summed E-state index contributed by atoms with van der Waals surface area (Å²) in [7, 11) is 0. The minimum atomic E-state index is 0.0922. The highest BCUT2D eigenvalue weighted by Crippen LogP contribution is 2.40. The standard InChI is InChI=1S/C14H18N4O/c19-7-6-18-10-12(16-17-18)9-15-14-8-13(14)11-4-2-1-3-5-11/h1-5,10,13-15,19H,6-9H2. The molecular weight excluding hydrogens is 240 g/mol. The zero-order chi connectivity index (χ0) is 13.1. The highest BCUT2D eigenvalue weighted by molar-refractivity contribution is 5.27. The molecule has 1 fully saturated rings. The van der Waals surface area contributed by atoms with Crippen molar-refractivity contribution in [2.24, 2.45) is 0 Å². The third kappa shape index (κ3) is 3.00. The van der Waals surface area contributed by atoms with E-state index in [1.807, 2.05) is 12.3 Å². The second kappa shape index (κ2) is 5.50. The fourth-order valence-corrected chi connectivity index (χ4v) is 2.36. The van der Waals surface area contributed by atoms with Crippen LogP contribution >= 0.6 is 0 Å². The Morgan fingerprint density at radius 1 is 1.32 bits per heavy atom. The van der Waals surface area contributed by atoms with Crippen molar-refractivity contribution in [1.29, 1.82) is 0 Å². The summed E-state index contributed by atoms with van der Waals surface area (Å²) in [6.45, 7) is 1.33. The van der Waals surface area contributed by atoms with Crippen molar-refractivity contribution in [3.63, 3.8) is 0 Å². The number of benzene rings is 1. The SMILES string of the molecule is OCCn1cc(CNC2CC2c2ccccc2)nn1. The van der Waals surface area contributed by atoms with Crippen LogP contribution in [0.3, 0.4) is 0 Å². The monoisotopic (exact) mass is 258 g/mol. The Bertz CT molecular complexity index is 525. The fourth-order valence-electron chi connectivity index (χ4n) is 2.36. The summed E-state index contributed by atoms with van der Waals surface area (Å²) in [5.41, 5.74) is 2.33. The summed E-state index contributed by atoms with van der Waals surface area (Å²) in [4.78, 5) is 0. The minimum Gasteiger partial charge on any atom is -0.394 e. The average molecular weight is 258 g/mol. The normalized spacial score (nSPS) is 21.5. The zero-order valence-corrected chi connectivity index (χ0v) is 10.7. The van der Waals surface area contributed by atoms with Crippen LogP contribution in [0.25, 0.3) is 0 Å². The van der Waals surface area contributed by atoms with Gasteiger partial charge in [0.1, 0.15) is 0 Å². The number of hydrogen-bond acceptors (Lipinski definition) is 4. The maximum absolute atomic E-state index is 8.81. The summed E-state index contributed by atoms with van der Waals surface area (Å²) < 4.78 is 1.67. The number of aliphatic hydroxyl groups excluding tert-OH is 1. The second-order valence-corrected chi connectivity index (χ2v) is 4.94. The van der Waals surface area contributed by atoms with Crippen molar-refractivity contribution in [3.05, 3.63) is 47.8 Å². The van der Waals surface area contributed by atoms with Gasteiger partial charge in [0.05, 0.1) is 18.8 Å². The lowest BCUT2D eigenvalue weighted by atomic mass is 10.1. The van der Waals surface area contributed by atoms with Crippen LogP contribution in [0.4, 0.5) is 0 Å². The summed E-state index contributed by atoms with van der Waals surface area (Å²) in [5.74, 6) is 0.633. The molecule has 5 heteroatoms. The van der Waals surface area contributed by atoms with E-state index >= 15 is 0 Å². The number of nitrogens with zero attached hydrogens (tertiary/aromatic N) is 3. The molecule has 5 nitrogen and oxygen atoms in total. The summed E-state index contributed by atoms with van der Waals surface area (Å²) in [6.07, 6.45) is 3.07. The van der Waals surface area contributed by atoms with Crippen molar-refractivity contribution in [2.75, 3.05) is 6.61 Å². The fraction of sp³-hybridized carbons (Fsp3) is 0.429. The highest BCUT2D eigenvalue weighted by Gasteiger charge is 2.37. The van der Waals surface area contributed by atoms with Crippen LogP contribution in [-0.4, -0.2) is 32.7 Å². The van der Waals surface area contributed by atoms with Gasteiger partial charge in [-0.3, -0.25) is 0 Å². The summed E-state index contributed by atoms with van der Waals surface area (Å²) in [5, 5.41) is 20.3. The molecule has 2 unspecified atom stereocenters. The van der Waals surface area contributed by atoms with Crippen LogP contribution < -0.4 is 5.32 Å². The molecule has 0 radical (unpaired) electrons. The Hall–Kier alpha value is -1.72. The molecule has 1 aromatic heterocycles. The molecule has 1 aromatic carbocycles. The molecule has 2 atom stereocenters. The Kier molecular flexibility index (Phi) is 3.57. The van der Waals surface area contributed by atoms with E-state index < -0.39 is 0 Å². The van der Waals surface area contributed by atoms with Gasteiger partial charge < -0.3 is 10.4 Å². The van der Waals surface area contributed by atoms with Crippen molar-refractivity contribution in [3.8, 4) is 0 Å². The molecule has 1 aliphatic rings. The first-order valence-electron chi connectivity index (χ1n) is 6.65. The quantitative estimate of drug-likeness (QED) is 0.808. The summed E-state index contributed by atoms with van der Waals surface area (Å²) in [6, 6.07) is 11.1. The minimum absolute atomic E-state index is 0.0922. The number of nitrogens with one attached hydrogen (secondary N) is 1. The first kappa shape index (κ1) is 12.3. The molecule has 3 rings (SSSR count). The van der Waals surface area contributed by atoms with Crippen molar-refractivity contribution >= 4 is 0 Å². The molecule has 0 bridgehead atoms. The molecular formula is C14H18N4O. The lowest BCUT2D eigenvalue weighted by molar-refractivity contribution is 0.268.